The Morgan fingerprint density at radius 1 is 1.08 bits per heavy atom. The van der Waals surface area contributed by atoms with E-state index in [1.165, 1.54) is 25.7 Å². The number of carbonyl (C=O) groups is 1. The lowest BCUT2D eigenvalue weighted by atomic mass is 9.94. The molecule has 1 amide bonds. The van der Waals surface area contributed by atoms with Gasteiger partial charge < -0.3 is 19.9 Å². The number of β-amino-alcohol motifs (C(OH)–C–C–N with tert-alkyl or cyclic N) is 1. The first kappa shape index (κ1) is 17.7. The fourth-order valence-electron chi connectivity index (χ4n) is 4.15. The number of nitrogens with zero attached hydrogens (tertiary/aromatic N) is 1. The molecule has 6 heteroatoms. The molecular weight excluding hydrogens is 320 g/mol. The summed E-state index contributed by atoms with van der Waals surface area (Å²) in [6, 6.07) is 0.307. The van der Waals surface area contributed by atoms with Crippen LogP contribution in [0.25, 0.3) is 0 Å². The maximum Gasteiger partial charge on any atom is 0.222 e. The first-order valence-electron chi connectivity index (χ1n) is 10.1. The van der Waals surface area contributed by atoms with E-state index < -0.39 is 6.10 Å². The molecule has 4 fully saturated rings. The highest BCUT2D eigenvalue weighted by molar-refractivity contribution is 5.76. The molecule has 2 saturated heterocycles. The minimum Gasteiger partial charge on any atom is -0.389 e. The highest BCUT2D eigenvalue weighted by atomic mass is 16.5. The molecule has 0 unspecified atom stereocenters. The van der Waals surface area contributed by atoms with Crippen LogP contribution in [0.5, 0.6) is 0 Å². The summed E-state index contributed by atoms with van der Waals surface area (Å²) in [5.41, 5.74) is 0. The number of carbonyl (C=O) groups excluding carboxylic acids is 1. The summed E-state index contributed by atoms with van der Waals surface area (Å²) < 4.78 is 11.9. The molecule has 0 aromatic heterocycles. The van der Waals surface area contributed by atoms with E-state index in [-0.39, 0.29) is 18.1 Å². The molecule has 2 heterocycles. The van der Waals surface area contributed by atoms with E-state index in [4.69, 9.17) is 9.47 Å². The van der Waals surface area contributed by atoms with Crippen molar-refractivity contribution in [3.8, 4) is 0 Å². The Bertz CT molecular complexity index is 466. The predicted molar refractivity (Wildman–Crippen MR) is 93.2 cm³/mol. The van der Waals surface area contributed by atoms with E-state index in [0.717, 1.165) is 31.8 Å². The van der Waals surface area contributed by atoms with Gasteiger partial charge in [0.1, 0.15) is 0 Å². The maximum absolute atomic E-state index is 12.1. The molecule has 4 rings (SSSR count). The van der Waals surface area contributed by atoms with Gasteiger partial charge in [-0.15, -0.1) is 0 Å². The molecule has 2 aliphatic heterocycles. The van der Waals surface area contributed by atoms with Crippen LogP contribution in [0.4, 0.5) is 0 Å². The zero-order valence-electron chi connectivity index (χ0n) is 15.1. The Kier molecular flexibility index (Phi) is 5.60. The van der Waals surface area contributed by atoms with Crippen molar-refractivity contribution in [1.82, 2.24) is 10.2 Å². The van der Waals surface area contributed by atoms with Gasteiger partial charge in [0.15, 0.2) is 0 Å². The minimum absolute atomic E-state index is 0.00354. The van der Waals surface area contributed by atoms with Gasteiger partial charge in [0.2, 0.25) is 5.91 Å². The van der Waals surface area contributed by atoms with Crippen LogP contribution in [0.3, 0.4) is 0 Å². The third-order valence-corrected chi connectivity index (χ3v) is 5.97. The normalized spacial score (nSPS) is 37.0. The van der Waals surface area contributed by atoms with Gasteiger partial charge in [-0.1, -0.05) is 0 Å². The largest absolute Gasteiger partial charge is 0.389 e. The zero-order chi connectivity index (χ0) is 17.2. The third kappa shape index (κ3) is 5.16. The highest BCUT2D eigenvalue weighted by Gasteiger charge is 2.39. The zero-order valence-corrected chi connectivity index (χ0v) is 15.1. The maximum atomic E-state index is 12.1. The number of ether oxygens (including phenoxy) is 2. The van der Waals surface area contributed by atoms with Gasteiger partial charge in [0.25, 0.3) is 0 Å². The molecule has 2 aliphatic carbocycles. The molecule has 25 heavy (non-hydrogen) atoms. The number of rotatable bonds is 6. The van der Waals surface area contributed by atoms with E-state index in [2.05, 4.69) is 10.2 Å². The molecule has 4 aliphatic rings. The average Bonchev–Trinajstić information content (AvgIpc) is 3.46. The minimum atomic E-state index is -0.411. The van der Waals surface area contributed by atoms with Crippen molar-refractivity contribution in [3.63, 3.8) is 0 Å². The predicted octanol–water partition coefficient (Wildman–Crippen LogP) is 0.922. The van der Waals surface area contributed by atoms with E-state index in [1.807, 2.05) is 0 Å². The van der Waals surface area contributed by atoms with Crippen LogP contribution >= 0.6 is 0 Å². The second-order valence-corrected chi connectivity index (χ2v) is 8.48. The van der Waals surface area contributed by atoms with E-state index in [1.54, 1.807) is 0 Å². The SMILES string of the molecule is O=C(C[C@H]1CC[C@H]2[C@@H](COC[C@H](O)CN2CC2CC2)O1)NCC1CC1. The number of nitrogens with one attached hydrogen (secondary N) is 1. The lowest BCUT2D eigenvalue weighted by molar-refractivity contribution is -0.157. The molecule has 6 nitrogen and oxygen atoms in total. The highest BCUT2D eigenvalue weighted by Crippen LogP contribution is 2.34. The van der Waals surface area contributed by atoms with Crippen molar-refractivity contribution in [2.45, 2.75) is 69.3 Å². The molecule has 0 spiro atoms. The van der Waals surface area contributed by atoms with Crippen molar-refractivity contribution in [2.24, 2.45) is 11.8 Å². The summed E-state index contributed by atoms with van der Waals surface area (Å²) in [6.45, 7) is 3.46. The van der Waals surface area contributed by atoms with E-state index >= 15 is 0 Å². The number of aliphatic hydroxyl groups excluding tert-OH is 1. The first-order chi connectivity index (χ1) is 12.2. The van der Waals surface area contributed by atoms with Gasteiger partial charge in [0.05, 0.1) is 37.9 Å². The Balaban J connectivity index is 1.31. The fraction of sp³-hybridized carbons (Fsp3) is 0.947. The van der Waals surface area contributed by atoms with Crippen molar-refractivity contribution < 1.29 is 19.4 Å². The number of fused-ring (bicyclic) bond motifs is 1. The molecule has 0 radical (unpaired) electrons. The van der Waals surface area contributed by atoms with Gasteiger partial charge in [0, 0.05) is 25.7 Å². The lowest BCUT2D eigenvalue weighted by Gasteiger charge is -2.44. The van der Waals surface area contributed by atoms with Crippen molar-refractivity contribution in [2.75, 3.05) is 32.8 Å². The van der Waals surface area contributed by atoms with Crippen LogP contribution in [0.1, 0.15) is 44.9 Å². The van der Waals surface area contributed by atoms with Crippen LogP contribution in [-0.2, 0) is 14.3 Å². The van der Waals surface area contributed by atoms with Gasteiger partial charge in [-0.05, 0) is 50.4 Å². The van der Waals surface area contributed by atoms with Crippen LogP contribution in [-0.4, -0.2) is 73.1 Å². The Hall–Kier alpha value is -0.690. The molecule has 2 saturated carbocycles. The number of amides is 1. The molecule has 0 aromatic rings. The standard InChI is InChI=1S/C19H32N2O4/c22-15-10-21(9-14-3-4-14)17-6-5-16(25-18(17)12-24-11-15)7-19(23)20-8-13-1-2-13/h13-18,22H,1-12H2,(H,20,23)/t15-,16-,17+,18-/m1/s1. The van der Waals surface area contributed by atoms with Crippen molar-refractivity contribution >= 4 is 5.91 Å². The second-order valence-electron chi connectivity index (χ2n) is 8.48. The van der Waals surface area contributed by atoms with Crippen molar-refractivity contribution in [3.05, 3.63) is 0 Å². The first-order valence-corrected chi connectivity index (χ1v) is 10.1. The number of hydrogen-bond donors (Lipinski definition) is 2. The van der Waals surface area contributed by atoms with Gasteiger partial charge in [-0.2, -0.15) is 0 Å². The van der Waals surface area contributed by atoms with Gasteiger partial charge >= 0.3 is 0 Å². The summed E-state index contributed by atoms with van der Waals surface area (Å²) >= 11 is 0. The average molecular weight is 352 g/mol. The van der Waals surface area contributed by atoms with Crippen molar-refractivity contribution in [1.29, 1.82) is 0 Å². The van der Waals surface area contributed by atoms with E-state index in [9.17, 15) is 9.90 Å². The molecule has 142 valence electrons. The Morgan fingerprint density at radius 2 is 1.88 bits per heavy atom. The quantitative estimate of drug-likeness (QED) is 0.744. The summed E-state index contributed by atoms with van der Waals surface area (Å²) in [6.07, 6.45) is 7.12. The summed E-state index contributed by atoms with van der Waals surface area (Å²) in [4.78, 5) is 14.6. The molecule has 2 N–H and O–H groups in total. The summed E-state index contributed by atoms with van der Waals surface area (Å²) in [7, 11) is 0. The summed E-state index contributed by atoms with van der Waals surface area (Å²) in [5.74, 6) is 1.62. The van der Waals surface area contributed by atoms with Crippen LogP contribution in [0, 0.1) is 11.8 Å². The van der Waals surface area contributed by atoms with Gasteiger partial charge in [-0.25, -0.2) is 0 Å². The number of hydrogen-bond acceptors (Lipinski definition) is 5. The van der Waals surface area contributed by atoms with Crippen LogP contribution < -0.4 is 5.32 Å². The molecule has 4 atom stereocenters. The Morgan fingerprint density at radius 3 is 2.64 bits per heavy atom. The van der Waals surface area contributed by atoms with Gasteiger partial charge in [-0.3, -0.25) is 9.69 Å². The van der Waals surface area contributed by atoms with E-state index in [0.29, 0.717) is 38.1 Å². The smallest absolute Gasteiger partial charge is 0.222 e. The van der Waals surface area contributed by atoms with Crippen LogP contribution in [0.15, 0.2) is 0 Å². The second kappa shape index (κ2) is 7.91. The molecule has 0 bridgehead atoms. The molecule has 0 aromatic carbocycles. The fourth-order valence-corrected chi connectivity index (χ4v) is 4.15. The Labute approximate surface area is 150 Å². The molecular formula is C19H32N2O4. The third-order valence-electron chi connectivity index (χ3n) is 5.97. The van der Waals surface area contributed by atoms with Crippen LogP contribution in [0.2, 0.25) is 0 Å². The lowest BCUT2D eigenvalue weighted by Crippen LogP contribution is -2.56. The topological polar surface area (TPSA) is 71.0 Å². The monoisotopic (exact) mass is 352 g/mol. The summed E-state index contributed by atoms with van der Waals surface area (Å²) in [5, 5.41) is 13.2. The number of aliphatic hydroxyl groups is 1.